The summed E-state index contributed by atoms with van der Waals surface area (Å²) < 4.78 is 6.63. The number of aromatic nitrogens is 3. The van der Waals surface area contributed by atoms with Crippen LogP contribution in [-0.2, 0) is 20.9 Å². The lowest BCUT2D eigenvalue weighted by Gasteiger charge is -2.24. The minimum absolute atomic E-state index is 0.135. The highest BCUT2D eigenvalue weighted by Gasteiger charge is 2.21. The third-order valence-electron chi connectivity index (χ3n) is 3.60. The summed E-state index contributed by atoms with van der Waals surface area (Å²) >= 11 is 1.38. The molecular weight excluding hydrogens is 328 g/mol. The van der Waals surface area contributed by atoms with Gasteiger partial charge < -0.3 is 10.1 Å². The van der Waals surface area contributed by atoms with Gasteiger partial charge in [-0.05, 0) is 38.0 Å². The van der Waals surface area contributed by atoms with Crippen molar-refractivity contribution >= 4 is 28.9 Å². The van der Waals surface area contributed by atoms with E-state index < -0.39 is 0 Å². The Morgan fingerprint density at radius 3 is 3.12 bits per heavy atom. The maximum atomic E-state index is 11.4. The fourth-order valence-electron chi connectivity index (χ4n) is 2.54. The zero-order chi connectivity index (χ0) is 17.4. The Labute approximate surface area is 146 Å². The van der Waals surface area contributed by atoms with Gasteiger partial charge in [-0.1, -0.05) is 17.0 Å². The number of thioether (sulfide) groups is 1. The highest BCUT2D eigenvalue weighted by molar-refractivity contribution is 8.14. The molecule has 8 heteroatoms. The molecule has 1 saturated heterocycles. The molecule has 0 spiro atoms. The van der Waals surface area contributed by atoms with Crippen LogP contribution in [-0.4, -0.2) is 51.0 Å². The van der Waals surface area contributed by atoms with Crippen LogP contribution in [0, 0.1) is 0 Å². The molecule has 132 valence electrons. The third kappa shape index (κ3) is 6.09. The highest BCUT2D eigenvalue weighted by Crippen LogP contribution is 2.26. The van der Waals surface area contributed by atoms with Gasteiger partial charge in [-0.25, -0.2) is 0 Å². The maximum absolute atomic E-state index is 11.4. The van der Waals surface area contributed by atoms with E-state index in [2.05, 4.69) is 15.6 Å². The second-order valence-corrected chi connectivity index (χ2v) is 6.98. The molecule has 0 aliphatic carbocycles. The van der Waals surface area contributed by atoms with Crippen LogP contribution in [0.4, 0.5) is 0 Å². The van der Waals surface area contributed by atoms with Gasteiger partial charge >= 0.3 is 5.97 Å². The summed E-state index contributed by atoms with van der Waals surface area (Å²) in [5, 5.41) is 11.9. The SMILES string of the molecule is CCOC(=O)CCCn1cc(C=C2CNCCC2SC(C)=O)nn1. The zero-order valence-electron chi connectivity index (χ0n) is 14.2. The predicted molar refractivity (Wildman–Crippen MR) is 93.4 cm³/mol. The molecule has 0 bridgehead atoms. The third-order valence-corrected chi connectivity index (χ3v) is 4.75. The monoisotopic (exact) mass is 352 g/mol. The molecule has 0 radical (unpaired) electrons. The molecule has 1 aliphatic heterocycles. The van der Waals surface area contributed by atoms with E-state index in [-0.39, 0.29) is 16.3 Å². The maximum Gasteiger partial charge on any atom is 0.305 e. The van der Waals surface area contributed by atoms with Crippen molar-refractivity contribution in [2.24, 2.45) is 0 Å². The Morgan fingerprint density at radius 2 is 2.38 bits per heavy atom. The summed E-state index contributed by atoms with van der Waals surface area (Å²) in [5.41, 5.74) is 1.94. The normalized spacial score (nSPS) is 19.4. The average molecular weight is 352 g/mol. The van der Waals surface area contributed by atoms with E-state index in [0.29, 0.717) is 26.0 Å². The van der Waals surface area contributed by atoms with Gasteiger partial charge in [0.1, 0.15) is 5.69 Å². The van der Waals surface area contributed by atoms with Crippen molar-refractivity contribution in [2.75, 3.05) is 19.7 Å². The van der Waals surface area contributed by atoms with E-state index in [4.69, 9.17) is 4.74 Å². The first-order valence-electron chi connectivity index (χ1n) is 8.22. The minimum atomic E-state index is -0.183. The number of hydrogen-bond acceptors (Lipinski definition) is 7. The molecule has 1 unspecified atom stereocenters. The molecule has 1 aromatic heterocycles. The fourth-order valence-corrected chi connectivity index (χ4v) is 3.48. The Balaban J connectivity index is 1.91. The Hall–Kier alpha value is -1.67. The van der Waals surface area contributed by atoms with Crippen LogP contribution >= 0.6 is 11.8 Å². The first-order chi connectivity index (χ1) is 11.6. The van der Waals surface area contributed by atoms with E-state index in [9.17, 15) is 9.59 Å². The van der Waals surface area contributed by atoms with Gasteiger partial charge in [-0.2, -0.15) is 0 Å². The Kier molecular flexibility index (Phi) is 7.45. The second-order valence-electron chi connectivity index (χ2n) is 5.60. The van der Waals surface area contributed by atoms with Crippen LogP contribution in [0.2, 0.25) is 0 Å². The number of hydrogen-bond donors (Lipinski definition) is 1. The van der Waals surface area contributed by atoms with Gasteiger partial charge in [0.05, 0.1) is 12.8 Å². The zero-order valence-corrected chi connectivity index (χ0v) is 15.0. The highest BCUT2D eigenvalue weighted by atomic mass is 32.2. The van der Waals surface area contributed by atoms with Crippen LogP contribution < -0.4 is 5.32 Å². The molecule has 1 fully saturated rings. The molecule has 1 aromatic rings. The smallest absolute Gasteiger partial charge is 0.305 e. The molecule has 1 N–H and O–H groups in total. The number of piperidine rings is 1. The van der Waals surface area contributed by atoms with Gasteiger partial charge in [-0.3, -0.25) is 14.3 Å². The van der Waals surface area contributed by atoms with Crippen molar-refractivity contribution in [3.05, 3.63) is 17.5 Å². The standard InChI is InChI=1S/C16H24N4O3S/c1-3-23-16(22)5-4-8-20-11-14(18-19-20)9-13-10-17-7-6-15(13)24-12(2)21/h9,11,15,17H,3-8,10H2,1-2H3. The predicted octanol–water partition coefficient (Wildman–Crippen LogP) is 1.65. The first kappa shape index (κ1) is 18.7. The van der Waals surface area contributed by atoms with E-state index in [1.165, 1.54) is 17.3 Å². The van der Waals surface area contributed by atoms with Gasteiger partial charge in [0, 0.05) is 31.7 Å². The second kappa shape index (κ2) is 9.58. The number of nitrogens with zero attached hydrogens (tertiary/aromatic N) is 3. The van der Waals surface area contributed by atoms with E-state index in [1.54, 1.807) is 18.5 Å². The minimum Gasteiger partial charge on any atom is -0.466 e. The van der Waals surface area contributed by atoms with Gasteiger partial charge in [0.2, 0.25) is 0 Å². The summed E-state index contributed by atoms with van der Waals surface area (Å²) in [4.78, 5) is 22.7. The number of rotatable bonds is 7. The number of carbonyl (C=O) groups excluding carboxylic acids is 2. The summed E-state index contributed by atoms with van der Waals surface area (Å²) in [6.45, 7) is 6.12. The molecule has 1 aliphatic rings. The van der Waals surface area contributed by atoms with Crippen molar-refractivity contribution in [2.45, 2.75) is 44.9 Å². The molecule has 2 rings (SSSR count). The van der Waals surface area contributed by atoms with Crippen LogP contribution in [0.3, 0.4) is 0 Å². The van der Waals surface area contributed by atoms with Gasteiger partial charge in [-0.15, -0.1) is 5.10 Å². The lowest BCUT2D eigenvalue weighted by Crippen LogP contribution is -2.32. The molecule has 24 heavy (non-hydrogen) atoms. The summed E-state index contributed by atoms with van der Waals surface area (Å²) in [6, 6.07) is 0. The fraction of sp³-hybridized carbons (Fsp3) is 0.625. The Morgan fingerprint density at radius 1 is 1.54 bits per heavy atom. The molecule has 0 aromatic carbocycles. The average Bonchev–Trinajstić information content (AvgIpc) is 2.96. The number of carbonyl (C=O) groups is 2. The summed E-state index contributed by atoms with van der Waals surface area (Å²) in [6.07, 6.45) is 5.85. The Bertz CT molecular complexity index is 600. The number of aryl methyl sites for hydroxylation is 1. The lowest BCUT2D eigenvalue weighted by atomic mass is 10.1. The van der Waals surface area contributed by atoms with Crippen LogP contribution in [0.5, 0.6) is 0 Å². The molecular formula is C16H24N4O3S. The lowest BCUT2D eigenvalue weighted by molar-refractivity contribution is -0.143. The molecule has 0 amide bonds. The number of nitrogens with one attached hydrogen (secondary N) is 1. The van der Waals surface area contributed by atoms with Crippen molar-refractivity contribution in [1.82, 2.24) is 20.3 Å². The van der Waals surface area contributed by atoms with E-state index in [1.807, 2.05) is 12.3 Å². The van der Waals surface area contributed by atoms with Crippen LogP contribution in [0.25, 0.3) is 6.08 Å². The van der Waals surface area contributed by atoms with Crippen molar-refractivity contribution < 1.29 is 14.3 Å². The van der Waals surface area contributed by atoms with Gasteiger partial charge in [0.25, 0.3) is 0 Å². The number of ether oxygens (including phenoxy) is 1. The molecule has 7 nitrogen and oxygen atoms in total. The van der Waals surface area contributed by atoms with Crippen LogP contribution in [0.1, 0.15) is 38.8 Å². The molecule has 1 atom stereocenters. The van der Waals surface area contributed by atoms with Gasteiger partial charge in [0.15, 0.2) is 5.12 Å². The largest absolute Gasteiger partial charge is 0.466 e. The van der Waals surface area contributed by atoms with Crippen molar-refractivity contribution in [3.63, 3.8) is 0 Å². The van der Waals surface area contributed by atoms with Crippen molar-refractivity contribution in [3.8, 4) is 0 Å². The molecule has 2 heterocycles. The summed E-state index contributed by atoms with van der Waals surface area (Å²) in [5.74, 6) is -0.183. The topological polar surface area (TPSA) is 86.1 Å². The van der Waals surface area contributed by atoms with Crippen LogP contribution in [0.15, 0.2) is 11.8 Å². The molecule has 0 saturated carbocycles. The summed E-state index contributed by atoms with van der Waals surface area (Å²) in [7, 11) is 0. The quantitative estimate of drug-likeness (QED) is 0.747. The van der Waals surface area contributed by atoms with Crippen molar-refractivity contribution in [1.29, 1.82) is 0 Å². The van der Waals surface area contributed by atoms with E-state index >= 15 is 0 Å². The first-order valence-corrected chi connectivity index (χ1v) is 9.10. The number of esters is 1. The van der Waals surface area contributed by atoms with E-state index in [0.717, 1.165) is 25.2 Å².